The van der Waals surface area contributed by atoms with Gasteiger partial charge in [-0.15, -0.1) is 0 Å². The fourth-order valence-corrected chi connectivity index (χ4v) is 0.708. The number of pyridine rings is 1. The van der Waals surface area contributed by atoms with Gasteiger partial charge in [-0.25, -0.2) is 4.98 Å². The summed E-state index contributed by atoms with van der Waals surface area (Å²) in [7, 11) is 0. The zero-order chi connectivity index (χ0) is 9.40. The highest BCUT2D eigenvalue weighted by Gasteiger charge is 1.96. The van der Waals surface area contributed by atoms with Gasteiger partial charge < -0.3 is 5.32 Å². The van der Waals surface area contributed by atoms with Gasteiger partial charge in [0.2, 0.25) is 5.95 Å². The average Bonchev–Trinajstić information content (AvgIpc) is 2.13. The summed E-state index contributed by atoms with van der Waals surface area (Å²) in [6.07, 6.45) is 1.43. The maximum absolute atomic E-state index is 12.6. The Morgan fingerprint density at radius 1 is 1.50 bits per heavy atom. The van der Waals surface area contributed by atoms with Crippen LogP contribution in [-0.4, -0.2) is 11.5 Å². The van der Waals surface area contributed by atoms with Crippen molar-refractivity contribution in [3.8, 4) is 0 Å². The zero-order valence-electron chi connectivity index (χ0n) is 7.76. The molecule has 0 atom stereocenters. The van der Waals surface area contributed by atoms with E-state index in [-0.39, 0.29) is 0 Å². The van der Waals surface area contributed by atoms with E-state index in [1.54, 1.807) is 12.1 Å². The molecule has 0 saturated heterocycles. The Morgan fingerprint density at radius 2 is 2.17 bits per heavy atom. The van der Waals surface area contributed by atoms with Crippen LogP contribution in [0.3, 0.4) is 0 Å². The highest BCUT2D eigenvalue weighted by molar-refractivity contribution is 5.40. The van der Waals surface area contributed by atoms with Crippen molar-refractivity contribution < 1.29 is 4.39 Å². The minimum atomic E-state index is -0.440. The van der Waals surface area contributed by atoms with Crippen LogP contribution in [-0.2, 0) is 0 Å². The molecule has 68 valence electrons. The average molecular weight is 170 g/mol. The van der Waals surface area contributed by atoms with E-state index in [2.05, 4.69) is 10.3 Å². The lowest BCUT2D eigenvalue weighted by Crippen LogP contribution is -1.99. The Bertz CT molecular complexity index is 213. The van der Waals surface area contributed by atoms with Crippen LogP contribution in [0.1, 0.15) is 20.8 Å². The van der Waals surface area contributed by atoms with Crippen LogP contribution < -0.4 is 5.32 Å². The predicted molar refractivity (Wildman–Crippen MR) is 49.7 cm³/mol. The molecule has 1 aromatic rings. The Morgan fingerprint density at radius 3 is 2.67 bits per heavy atom. The van der Waals surface area contributed by atoms with Crippen molar-refractivity contribution in [2.24, 2.45) is 0 Å². The van der Waals surface area contributed by atoms with Crippen molar-refractivity contribution in [2.75, 3.05) is 11.9 Å². The van der Waals surface area contributed by atoms with Crippen LogP contribution in [0.5, 0.6) is 0 Å². The number of rotatable bonds is 2. The number of halogens is 1. The second-order valence-electron chi connectivity index (χ2n) is 1.87. The number of anilines is 1. The second kappa shape index (κ2) is 6.58. The molecule has 1 rings (SSSR count). The maximum atomic E-state index is 12.6. The molecule has 1 heterocycles. The molecule has 0 fully saturated rings. The van der Waals surface area contributed by atoms with Crippen molar-refractivity contribution >= 4 is 5.69 Å². The summed E-state index contributed by atoms with van der Waals surface area (Å²) < 4.78 is 12.6. The molecule has 1 aromatic heterocycles. The summed E-state index contributed by atoms with van der Waals surface area (Å²) in [5.74, 6) is -0.440. The summed E-state index contributed by atoms with van der Waals surface area (Å²) in [5.41, 5.74) is 0.463. The van der Waals surface area contributed by atoms with Gasteiger partial charge in [0.1, 0.15) is 0 Å². The van der Waals surface area contributed by atoms with Crippen molar-refractivity contribution in [3.63, 3.8) is 0 Å². The topological polar surface area (TPSA) is 24.9 Å². The molecule has 0 radical (unpaired) electrons. The molecule has 0 aliphatic carbocycles. The van der Waals surface area contributed by atoms with Gasteiger partial charge in [0, 0.05) is 12.7 Å². The Labute approximate surface area is 72.8 Å². The first-order valence-electron chi connectivity index (χ1n) is 4.19. The van der Waals surface area contributed by atoms with Crippen molar-refractivity contribution in [1.29, 1.82) is 0 Å². The molecule has 0 aromatic carbocycles. The van der Waals surface area contributed by atoms with Crippen LogP contribution in [0.4, 0.5) is 10.1 Å². The summed E-state index contributed by atoms with van der Waals surface area (Å²) in [6.45, 7) is 6.62. The third-order valence-corrected chi connectivity index (χ3v) is 1.13. The molecule has 12 heavy (non-hydrogen) atoms. The highest BCUT2D eigenvalue weighted by atomic mass is 19.1. The predicted octanol–water partition coefficient (Wildman–Crippen LogP) is 2.68. The van der Waals surface area contributed by atoms with Gasteiger partial charge in [-0.1, -0.05) is 13.8 Å². The van der Waals surface area contributed by atoms with Crippen LogP contribution in [0, 0.1) is 5.95 Å². The third-order valence-electron chi connectivity index (χ3n) is 1.13. The van der Waals surface area contributed by atoms with E-state index in [4.69, 9.17) is 0 Å². The largest absolute Gasteiger partial charge is 0.382 e. The summed E-state index contributed by atoms with van der Waals surface area (Å²) in [5, 5.41) is 2.84. The molecular weight excluding hydrogens is 155 g/mol. The van der Waals surface area contributed by atoms with E-state index in [0.29, 0.717) is 12.2 Å². The molecule has 0 bridgehead atoms. The van der Waals surface area contributed by atoms with Crippen LogP contribution >= 0.6 is 0 Å². The van der Waals surface area contributed by atoms with Crippen molar-refractivity contribution in [3.05, 3.63) is 24.3 Å². The lowest BCUT2D eigenvalue weighted by Gasteiger charge is -2.00. The lowest BCUT2D eigenvalue weighted by molar-refractivity contribution is 0.587. The van der Waals surface area contributed by atoms with E-state index < -0.39 is 5.95 Å². The highest BCUT2D eigenvalue weighted by Crippen LogP contribution is 2.07. The molecular formula is C9H15FN2. The second-order valence-corrected chi connectivity index (χ2v) is 1.87. The van der Waals surface area contributed by atoms with Gasteiger partial charge in [-0.3, -0.25) is 0 Å². The number of nitrogens with one attached hydrogen (secondary N) is 1. The molecule has 0 unspecified atom stereocenters. The van der Waals surface area contributed by atoms with Gasteiger partial charge in [0.05, 0.1) is 5.69 Å². The van der Waals surface area contributed by atoms with E-state index in [1.807, 2.05) is 20.8 Å². The fourth-order valence-electron chi connectivity index (χ4n) is 0.708. The lowest BCUT2D eigenvalue weighted by atomic mass is 10.4. The summed E-state index contributed by atoms with van der Waals surface area (Å²) in [6, 6.07) is 3.35. The monoisotopic (exact) mass is 170 g/mol. The smallest absolute Gasteiger partial charge is 0.236 e. The molecule has 2 nitrogen and oxygen atoms in total. The van der Waals surface area contributed by atoms with E-state index in [9.17, 15) is 4.39 Å². The maximum Gasteiger partial charge on any atom is 0.236 e. The Kier molecular flexibility index (Phi) is 5.97. The number of nitrogens with zero attached hydrogens (tertiary/aromatic N) is 1. The molecule has 1 N–H and O–H groups in total. The molecule has 0 aliphatic heterocycles. The standard InChI is InChI=1S/C7H9FN2.C2H6/c1-2-9-6-4-3-5-10-7(6)8;1-2/h3-5,9H,2H2,1H3;1-2H3. The van der Waals surface area contributed by atoms with Gasteiger partial charge in [0.25, 0.3) is 0 Å². The number of hydrogen-bond acceptors (Lipinski definition) is 2. The Balaban J connectivity index is 0.000000561. The van der Waals surface area contributed by atoms with Crippen LogP contribution in [0.25, 0.3) is 0 Å². The Hall–Kier alpha value is -1.12. The molecule has 0 aliphatic rings. The first-order valence-corrected chi connectivity index (χ1v) is 4.19. The van der Waals surface area contributed by atoms with Crippen molar-refractivity contribution in [1.82, 2.24) is 4.98 Å². The van der Waals surface area contributed by atoms with Crippen molar-refractivity contribution in [2.45, 2.75) is 20.8 Å². The molecule has 0 amide bonds. The number of aromatic nitrogens is 1. The first kappa shape index (κ1) is 10.9. The molecule has 3 heteroatoms. The van der Waals surface area contributed by atoms with Gasteiger partial charge >= 0.3 is 0 Å². The fraction of sp³-hybridized carbons (Fsp3) is 0.444. The quantitative estimate of drug-likeness (QED) is 0.690. The van der Waals surface area contributed by atoms with Crippen LogP contribution in [0.15, 0.2) is 18.3 Å². The normalized spacial score (nSPS) is 8.33. The molecule has 0 saturated carbocycles. The first-order chi connectivity index (χ1) is 5.84. The molecule has 0 spiro atoms. The van der Waals surface area contributed by atoms with Gasteiger partial charge in [0.15, 0.2) is 0 Å². The van der Waals surface area contributed by atoms with Gasteiger partial charge in [-0.2, -0.15) is 4.39 Å². The van der Waals surface area contributed by atoms with E-state index >= 15 is 0 Å². The van der Waals surface area contributed by atoms with Gasteiger partial charge in [-0.05, 0) is 19.1 Å². The number of hydrogen-bond donors (Lipinski definition) is 1. The van der Waals surface area contributed by atoms with Crippen LogP contribution in [0.2, 0.25) is 0 Å². The SMILES string of the molecule is CC.CCNc1cccnc1F. The van der Waals surface area contributed by atoms with E-state index in [1.165, 1.54) is 6.20 Å². The minimum absolute atomic E-state index is 0.440. The van der Waals surface area contributed by atoms with E-state index in [0.717, 1.165) is 0 Å². The zero-order valence-corrected chi connectivity index (χ0v) is 7.76. The summed E-state index contributed by atoms with van der Waals surface area (Å²) in [4.78, 5) is 3.47. The minimum Gasteiger partial charge on any atom is -0.382 e. The third kappa shape index (κ3) is 3.32. The summed E-state index contributed by atoms with van der Waals surface area (Å²) >= 11 is 0.